The Balaban J connectivity index is 1.60. The number of carbonyl (C=O) groups excluding carboxylic acids is 2. The summed E-state index contributed by atoms with van der Waals surface area (Å²) in [6.45, 7) is -0.0508. The number of nitrogens with two attached hydrogens (primary N) is 1. The minimum atomic E-state index is -0.525. The number of nitrogens with zero attached hydrogens (tertiary/aromatic N) is 3. The van der Waals surface area contributed by atoms with Gasteiger partial charge in [0.2, 0.25) is 5.91 Å². The maximum atomic E-state index is 12.2. The molecule has 0 unspecified atom stereocenters. The minimum Gasteiger partial charge on any atom is -0.495 e. The summed E-state index contributed by atoms with van der Waals surface area (Å²) < 4.78 is 11.3. The molecule has 0 fully saturated rings. The molecule has 11 heteroatoms. The van der Waals surface area contributed by atoms with E-state index in [1.54, 1.807) is 30.3 Å². The standard InChI is InChI=1S/C17H17ClN6O4/c1-27-13-5-4-10(7-12(13)18)21-14(25)9-24-16(19)15(22-23-24)17(26)20-8-11-3-2-6-28-11/h2-7H,8-9,19H2,1H3,(H,20,26)(H,21,25). The average Bonchev–Trinajstić information content (AvgIpc) is 3.30. The SMILES string of the molecule is COc1ccc(NC(=O)Cn2nnc(C(=O)NCc3ccco3)c2N)cc1Cl. The molecule has 0 saturated carbocycles. The minimum absolute atomic E-state index is 0.0279. The van der Waals surface area contributed by atoms with E-state index >= 15 is 0 Å². The number of hydrogen-bond donors (Lipinski definition) is 3. The highest BCUT2D eigenvalue weighted by Gasteiger charge is 2.19. The van der Waals surface area contributed by atoms with Crippen LogP contribution in [-0.2, 0) is 17.9 Å². The maximum absolute atomic E-state index is 12.2. The van der Waals surface area contributed by atoms with Gasteiger partial charge in [-0.15, -0.1) is 5.10 Å². The van der Waals surface area contributed by atoms with Crippen molar-refractivity contribution < 1.29 is 18.7 Å². The molecule has 1 aromatic carbocycles. The monoisotopic (exact) mass is 404 g/mol. The van der Waals surface area contributed by atoms with Crippen molar-refractivity contribution in [2.45, 2.75) is 13.1 Å². The zero-order valence-corrected chi connectivity index (χ0v) is 15.6. The van der Waals surface area contributed by atoms with E-state index in [9.17, 15) is 9.59 Å². The molecule has 28 heavy (non-hydrogen) atoms. The number of furan rings is 1. The summed E-state index contributed by atoms with van der Waals surface area (Å²) in [5, 5.41) is 13.1. The number of hydrogen-bond acceptors (Lipinski definition) is 7. The highest BCUT2D eigenvalue weighted by Crippen LogP contribution is 2.27. The smallest absolute Gasteiger partial charge is 0.276 e. The Hall–Kier alpha value is -3.53. The lowest BCUT2D eigenvalue weighted by Gasteiger charge is -2.08. The first-order valence-corrected chi connectivity index (χ1v) is 8.48. The highest BCUT2D eigenvalue weighted by atomic mass is 35.5. The van der Waals surface area contributed by atoms with Crippen LogP contribution in [0.3, 0.4) is 0 Å². The van der Waals surface area contributed by atoms with Gasteiger partial charge in [-0.2, -0.15) is 0 Å². The number of nitrogen functional groups attached to an aromatic ring is 1. The number of carbonyl (C=O) groups is 2. The molecule has 4 N–H and O–H groups in total. The van der Waals surface area contributed by atoms with Gasteiger partial charge in [-0.1, -0.05) is 16.8 Å². The zero-order chi connectivity index (χ0) is 20.1. The molecular weight excluding hydrogens is 388 g/mol. The molecule has 2 aromatic heterocycles. The van der Waals surface area contributed by atoms with Crippen molar-refractivity contribution in [3.05, 3.63) is 53.1 Å². The van der Waals surface area contributed by atoms with Crippen LogP contribution < -0.4 is 21.1 Å². The van der Waals surface area contributed by atoms with Crippen molar-refractivity contribution in [3.8, 4) is 5.75 Å². The third kappa shape index (κ3) is 4.41. The van der Waals surface area contributed by atoms with E-state index in [1.807, 2.05) is 0 Å². The molecule has 10 nitrogen and oxygen atoms in total. The van der Waals surface area contributed by atoms with Crippen LogP contribution in [0.15, 0.2) is 41.0 Å². The Morgan fingerprint density at radius 1 is 1.36 bits per heavy atom. The first-order chi connectivity index (χ1) is 13.5. The molecule has 3 rings (SSSR count). The van der Waals surface area contributed by atoms with E-state index in [0.29, 0.717) is 22.2 Å². The number of nitrogens with one attached hydrogen (secondary N) is 2. The van der Waals surface area contributed by atoms with Crippen LogP contribution in [0, 0.1) is 0 Å². The molecule has 2 heterocycles. The second-order valence-corrected chi connectivity index (χ2v) is 6.05. The zero-order valence-electron chi connectivity index (χ0n) is 14.8. The van der Waals surface area contributed by atoms with Gasteiger partial charge in [-0.25, -0.2) is 4.68 Å². The summed E-state index contributed by atoms with van der Waals surface area (Å²) in [5.74, 6) is 0.102. The second-order valence-electron chi connectivity index (χ2n) is 5.64. The molecule has 0 atom stereocenters. The first-order valence-electron chi connectivity index (χ1n) is 8.11. The van der Waals surface area contributed by atoms with Crippen LogP contribution in [0.4, 0.5) is 11.5 Å². The third-order valence-electron chi connectivity index (χ3n) is 3.72. The van der Waals surface area contributed by atoms with Crippen molar-refractivity contribution in [3.63, 3.8) is 0 Å². The van der Waals surface area contributed by atoms with Crippen molar-refractivity contribution in [1.82, 2.24) is 20.3 Å². The Morgan fingerprint density at radius 2 is 2.18 bits per heavy atom. The van der Waals surface area contributed by atoms with Crippen LogP contribution in [0.2, 0.25) is 5.02 Å². The van der Waals surface area contributed by atoms with Gasteiger partial charge in [0.15, 0.2) is 11.5 Å². The van der Waals surface area contributed by atoms with E-state index < -0.39 is 11.8 Å². The maximum Gasteiger partial charge on any atom is 0.276 e. The Kier molecular flexibility index (Phi) is 5.80. The third-order valence-corrected chi connectivity index (χ3v) is 4.02. The fourth-order valence-electron chi connectivity index (χ4n) is 2.34. The van der Waals surface area contributed by atoms with Crippen LogP contribution >= 0.6 is 11.6 Å². The predicted octanol–water partition coefficient (Wildman–Crippen LogP) is 1.68. The summed E-state index contributed by atoms with van der Waals surface area (Å²) >= 11 is 6.03. The lowest BCUT2D eigenvalue weighted by atomic mass is 10.3. The number of methoxy groups -OCH3 is 1. The molecule has 3 aromatic rings. The lowest BCUT2D eigenvalue weighted by Crippen LogP contribution is -2.25. The highest BCUT2D eigenvalue weighted by molar-refractivity contribution is 6.32. The van der Waals surface area contributed by atoms with Gasteiger partial charge in [0.25, 0.3) is 5.91 Å². The van der Waals surface area contributed by atoms with Gasteiger partial charge < -0.3 is 25.5 Å². The average molecular weight is 405 g/mol. The van der Waals surface area contributed by atoms with E-state index in [2.05, 4.69) is 20.9 Å². The number of aromatic nitrogens is 3. The number of halogens is 1. The quantitative estimate of drug-likeness (QED) is 0.544. The lowest BCUT2D eigenvalue weighted by molar-refractivity contribution is -0.116. The van der Waals surface area contributed by atoms with Crippen LogP contribution in [0.5, 0.6) is 5.75 Å². The summed E-state index contributed by atoms with van der Waals surface area (Å²) in [6.07, 6.45) is 1.50. The summed E-state index contributed by atoms with van der Waals surface area (Å²) in [4.78, 5) is 24.4. The fourth-order valence-corrected chi connectivity index (χ4v) is 2.60. The summed E-state index contributed by atoms with van der Waals surface area (Å²) in [5.41, 5.74) is 6.29. The Bertz CT molecular complexity index is 986. The molecule has 0 saturated heterocycles. The molecule has 0 radical (unpaired) electrons. The largest absolute Gasteiger partial charge is 0.495 e. The van der Waals surface area contributed by atoms with Gasteiger partial charge in [0.1, 0.15) is 18.1 Å². The normalized spacial score (nSPS) is 10.5. The van der Waals surface area contributed by atoms with Gasteiger partial charge in [0.05, 0.1) is 24.9 Å². The van der Waals surface area contributed by atoms with Crippen molar-refractivity contribution in [2.24, 2.45) is 0 Å². The number of benzene rings is 1. The second kappa shape index (κ2) is 8.44. The van der Waals surface area contributed by atoms with Gasteiger partial charge in [-0.05, 0) is 30.3 Å². The first kappa shape index (κ1) is 19.2. The molecule has 0 spiro atoms. The van der Waals surface area contributed by atoms with Crippen LogP contribution in [0.25, 0.3) is 0 Å². The summed E-state index contributed by atoms with van der Waals surface area (Å²) in [6, 6.07) is 8.25. The molecular formula is C17H17ClN6O4. The molecule has 146 valence electrons. The Labute approximate surface area is 164 Å². The van der Waals surface area contributed by atoms with Gasteiger partial charge >= 0.3 is 0 Å². The van der Waals surface area contributed by atoms with Crippen LogP contribution in [-0.4, -0.2) is 33.9 Å². The molecule has 0 aliphatic carbocycles. The topological polar surface area (TPSA) is 137 Å². The predicted molar refractivity (Wildman–Crippen MR) is 101 cm³/mol. The Morgan fingerprint density at radius 3 is 2.86 bits per heavy atom. The van der Waals surface area contributed by atoms with E-state index in [-0.39, 0.29) is 24.6 Å². The number of ether oxygens (including phenoxy) is 1. The van der Waals surface area contributed by atoms with Gasteiger partial charge in [0, 0.05) is 5.69 Å². The van der Waals surface area contributed by atoms with Crippen molar-refractivity contribution in [1.29, 1.82) is 0 Å². The van der Waals surface area contributed by atoms with Crippen LogP contribution in [0.1, 0.15) is 16.2 Å². The molecule has 2 amide bonds. The molecule has 0 aliphatic rings. The molecule has 0 bridgehead atoms. The number of amides is 2. The van der Waals surface area contributed by atoms with E-state index in [4.69, 9.17) is 26.5 Å². The number of rotatable bonds is 7. The van der Waals surface area contributed by atoms with Crippen molar-refractivity contribution in [2.75, 3.05) is 18.2 Å². The van der Waals surface area contributed by atoms with E-state index in [1.165, 1.54) is 13.4 Å². The van der Waals surface area contributed by atoms with Crippen molar-refractivity contribution >= 4 is 34.9 Å². The fraction of sp³-hybridized carbons (Fsp3) is 0.176. The van der Waals surface area contributed by atoms with E-state index in [0.717, 1.165) is 4.68 Å². The molecule has 0 aliphatic heterocycles. The summed E-state index contributed by atoms with van der Waals surface area (Å²) in [7, 11) is 1.50. The van der Waals surface area contributed by atoms with Gasteiger partial charge in [-0.3, -0.25) is 9.59 Å². The number of anilines is 2.